The minimum absolute atomic E-state index is 0.237. The van der Waals surface area contributed by atoms with Gasteiger partial charge in [0, 0.05) is 6.54 Å². The summed E-state index contributed by atoms with van der Waals surface area (Å²) in [5, 5.41) is 6.23. The van der Waals surface area contributed by atoms with Crippen LogP contribution < -0.4 is 10.6 Å². The van der Waals surface area contributed by atoms with Crippen molar-refractivity contribution in [3.63, 3.8) is 0 Å². The normalized spacial score (nSPS) is 10.2. The maximum atomic E-state index is 12.1. The first-order valence-corrected chi connectivity index (χ1v) is 6.61. The maximum absolute atomic E-state index is 12.1. The van der Waals surface area contributed by atoms with E-state index in [9.17, 15) is 4.79 Å². The second-order valence-corrected chi connectivity index (χ2v) is 4.66. The molecule has 1 amide bonds. The van der Waals surface area contributed by atoms with Crippen LogP contribution in [0.2, 0.25) is 5.02 Å². The van der Waals surface area contributed by atoms with Crippen LogP contribution in [-0.2, 0) is 0 Å². The molecule has 0 aliphatic rings. The molecule has 104 valence electrons. The number of rotatable bonds is 4. The van der Waals surface area contributed by atoms with Gasteiger partial charge in [-0.25, -0.2) is 4.98 Å². The Morgan fingerprint density at radius 3 is 2.90 bits per heavy atom. The monoisotopic (exact) mass is 290 g/mol. The Bertz CT molecular complexity index is 630. The highest BCUT2D eigenvalue weighted by Crippen LogP contribution is 2.23. The number of hydrogen-bond acceptors (Lipinski definition) is 4. The topological polar surface area (TPSA) is 66.9 Å². The first kappa shape index (κ1) is 14.3. The summed E-state index contributed by atoms with van der Waals surface area (Å²) in [6, 6.07) is 5.43. The predicted octanol–water partition coefficient (Wildman–Crippen LogP) is 3.12. The third kappa shape index (κ3) is 3.45. The van der Waals surface area contributed by atoms with E-state index in [0.29, 0.717) is 23.1 Å². The summed E-state index contributed by atoms with van der Waals surface area (Å²) in [6.45, 7) is 4.59. The minimum atomic E-state index is -0.343. The highest BCUT2D eigenvalue weighted by Gasteiger charge is 2.11. The van der Waals surface area contributed by atoms with Crippen molar-refractivity contribution in [2.45, 2.75) is 13.8 Å². The lowest BCUT2D eigenvalue weighted by molar-refractivity contribution is 0.102. The standard InChI is InChI=1S/C14H15ClN4O/c1-3-17-13-8-16-7-12(18-13)14(20)19-11-6-9(2)4-5-10(11)15/h4-8H,3H2,1-2H3,(H,17,18)(H,19,20). The predicted molar refractivity (Wildman–Crippen MR) is 80.3 cm³/mol. The Morgan fingerprint density at radius 2 is 2.15 bits per heavy atom. The summed E-state index contributed by atoms with van der Waals surface area (Å²) in [4.78, 5) is 20.3. The Morgan fingerprint density at radius 1 is 1.35 bits per heavy atom. The highest BCUT2D eigenvalue weighted by atomic mass is 35.5. The molecule has 1 aromatic heterocycles. The number of anilines is 2. The summed E-state index contributed by atoms with van der Waals surface area (Å²) in [7, 11) is 0. The number of nitrogens with one attached hydrogen (secondary N) is 2. The number of aryl methyl sites for hydroxylation is 1. The summed E-state index contributed by atoms with van der Waals surface area (Å²) < 4.78 is 0. The zero-order valence-corrected chi connectivity index (χ0v) is 12.0. The van der Waals surface area contributed by atoms with Crippen molar-refractivity contribution >= 4 is 29.0 Å². The third-order valence-electron chi connectivity index (χ3n) is 2.60. The van der Waals surface area contributed by atoms with Crippen molar-refractivity contribution in [3.05, 3.63) is 46.9 Å². The van der Waals surface area contributed by atoms with Gasteiger partial charge in [0.1, 0.15) is 11.5 Å². The lowest BCUT2D eigenvalue weighted by Gasteiger charge is -2.08. The smallest absolute Gasteiger partial charge is 0.275 e. The van der Waals surface area contributed by atoms with E-state index < -0.39 is 0 Å². The van der Waals surface area contributed by atoms with E-state index >= 15 is 0 Å². The van der Waals surface area contributed by atoms with Gasteiger partial charge in [0.15, 0.2) is 0 Å². The molecular weight excluding hydrogens is 276 g/mol. The zero-order valence-electron chi connectivity index (χ0n) is 11.3. The van der Waals surface area contributed by atoms with E-state index in [1.54, 1.807) is 12.3 Å². The van der Waals surface area contributed by atoms with Crippen LogP contribution in [0, 0.1) is 6.92 Å². The van der Waals surface area contributed by atoms with E-state index in [4.69, 9.17) is 11.6 Å². The van der Waals surface area contributed by atoms with Crippen LogP contribution in [0.15, 0.2) is 30.6 Å². The van der Waals surface area contributed by atoms with Crippen molar-refractivity contribution in [3.8, 4) is 0 Å². The number of aromatic nitrogens is 2. The molecule has 0 aliphatic heterocycles. The quantitative estimate of drug-likeness (QED) is 0.908. The van der Waals surface area contributed by atoms with Crippen molar-refractivity contribution < 1.29 is 4.79 Å². The van der Waals surface area contributed by atoms with E-state index in [-0.39, 0.29) is 11.6 Å². The molecule has 0 bridgehead atoms. The van der Waals surface area contributed by atoms with Crippen molar-refractivity contribution in [2.75, 3.05) is 17.2 Å². The Kier molecular flexibility index (Phi) is 4.53. The number of halogens is 1. The summed E-state index contributed by atoms with van der Waals surface area (Å²) in [5.74, 6) is 0.222. The van der Waals surface area contributed by atoms with Gasteiger partial charge in [-0.3, -0.25) is 9.78 Å². The first-order chi connectivity index (χ1) is 9.60. The van der Waals surface area contributed by atoms with Gasteiger partial charge in [-0.2, -0.15) is 0 Å². The molecule has 1 heterocycles. The van der Waals surface area contributed by atoms with Gasteiger partial charge >= 0.3 is 0 Å². The van der Waals surface area contributed by atoms with Crippen LogP contribution in [0.1, 0.15) is 23.0 Å². The number of benzene rings is 1. The number of carbonyl (C=O) groups is 1. The van der Waals surface area contributed by atoms with Gasteiger partial charge in [0.05, 0.1) is 23.1 Å². The molecule has 0 unspecified atom stereocenters. The lowest BCUT2D eigenvalue weighted by atomic mass is 10.2. The molecular formula is C14H15ClN4O. The molecule has 2 N–H and O–H groups in total. The minimum Gasteiger partial charge on any atom is -0.369 e. The fourth-order valence-electron chi connectivity index (χ4n) is 1.66. The molecule has 0 atom stereocenters. The van der Waals surface area contributed by atoms with E-state index in [2.05, 4.69) is 20.6 Å². The molecule has 6 heteroatoms. The number of amides is 1. The second kappa shape index (κ2) is 6.34. The maximum Gasteiger partial charge on any atom is 0.275 e. The molecule has 0 fully saturated rings. The number of nitrogens with zero attached hydrogens (tertiary/aromatic N) is 2. The van der Waals surface area contributed by atoms with Crippen LogP contribution >= 0.6 is 11.6 Å². The second-order valence-electron chi connectivity index (χ2n) is 4.26. The molecule has 0 spiro atoms. The molecule has 20 heavy (non-hydrogen) atoms. The summed E-state index contributed by atoms with van der Waals surface area (Å²) in [6.07, 6.45) is 2.99. The van der Waals surface area contributed by atoms with Gasteiger partial charge in [-0.15, -0.1) is 0 Å². The SMILES string of the molecule is CCNc1cncc(C(=O)Nc2cc(C)ccc2Cl)n1. The van der Waals surface area contributed by atoms with Gasteiger partial charge in [-0.05, 0) is 31.5 Å². The number of carbonyl (C=O) groups excluding carboxylic acids is 1. The first-order valence-electron chi connectivity index (χ1n) is 6.23. The molecule has 5 nitrogen and oxygen atoms in total. The summed E-state index contributed by atoms with van der Waals surface area (Å²) >= 11 is 6.05. The third-order valence-corrected chi connectivity index (χ3v) is 2.92. The average molecular weight is 291 g/mol. The van der Waals surface area contributed by atoms with Crippen LogP contribution in [0.3, 0.4) is 0 Å². The lowest BCUT2D eigenvalue weighted by Crippen LogP contribution is -2.15. The van der Waals surface area contributed by atoms with Crippen molar-refractivity contribution in [1.29, 1.82) is 0 Å². The van der Waals surface area contributed by atoms with Crippen LogP contribution in [0.4, 0.5) is 11.5 Å². The molecule has 0 saturated heterocycles. The van der Waals surface area contributed by atoms with Gasteiger partial charge < -0.3 is 10.6 Å². The van der Waals surface area contributed by atoms with Crippen LogP contribution in [0.5, 0.6) is 0 Å². The van der Waals surface area contributed by atoms with Gasteiger partial charge in [-0.1, -0.05) is 17.7 Å². The van der Waals surface area contributed by atoms with Crippen LogP contribution in [0.25, 0.3) is 0 Å². The fraction of sp³-hybridized carbons (Fsp3) is 0.214. The van der Waals surface area contributed by atoms with Gasteiger partial charge in [0.25, 0.3) is 5.91 Å². The van der Waals surface area contributed by atoms with Crippen molar-refractivity contribution in [2.24, 2.45) is 0 Å². The van der Waals surface area contributed by atoms with E-state index in [1.165, 1.54) is 6.20 Å². The molecule has 0 saturated carbocycles. The molecule has 0 radical (unpaired) electrons. The van der Waals surface area contributed by atoms with Crippen molar-refractivity contribution in [1.82, 2.24) is 9.97 Å². The zero-order chi connectivity index (χ0) is 14.5. The Hall–Kier alpha value is -2.14. The Labute approximate surface area is 122 Å². The number of hydrogen-bond donors (Lipinski definition) is 2. The van der Waals surface area contributed by atoms with Crippen LogP contribution in [-0.4, -0.2) is 22.4 Å². The van der Waals surface area contributed by atoms with Gasteiger partial charge in [0.2, 0.25) is 0 Å². The fourth-order valence-corrected chi connectivity index (χ4v) is 1.83. The molecule has 1 aromatic carbocycles. The largest absolute Gasteiger partial charge is 0.369 e. The summed E-state index contributed by atoms with van der Waals surface area (Å²) in [5.41, 5.74) is 1.81. The molecule has 0 aliphatic carbocycles. The molecule has 2 aromatic rings. The highest BCUT2D eigenvalue weighted by molar-refractivity contribution is 6.33. The average Bonchev–Trinajstić information content (AvgIpc) is 2.43. The van der Waals surface area contributed by atoms with E-state index in [0.717, 1.165) is 5.56 Å². The van der Waals surface area contributed by atoms with E-state index in [1.807, 2.05) is 26.0 Å². The Balaban J connectivity index is 2.19. The molecule has 2 rings (SSSR count).